The summed E-state index contributed by atoms with van der Waals surface area (Å²) in [7, 11) is 0. The number of nitrogens with zero attached hydrogens (tertiary/aromatic N) is 1. The lowest BCUT2D eigenvalue weighted by Gasteiger charge is -2.13. The number of amides is 2. The summed E-state index contributed by atoms with van der Waals surface area (Å²) in [5.41, 5.74) is 1.85. The number of benzene rings is 2. The van der Waals surface area contributed by atoms with Crippen LogP contribution in [-0.2, 0) is 4.79 Å². The first-order chi connectivity index (χ1) is 12.0. The van der Waals surface area contributed by atoms with Gasteiger partial charge in [-0.3, -0.25) is 9.59 Å². The van der Waals surface area contributed by atoms with Crippen LogP contribution in [0, 0.1) is 11.3 Å². The maximum atomic E-state index is 12.4. The quantitative estimate of drug-likeness (QED) is 0.826. The van der Waals surface area contributed by atoms with Gasteiger partial charge in [0.1, 0.15) is 5.70 Å². The number of carbonyl (C=O) groups excluding carboxylic acids is 2. The van der Waals surface area contributed by atoms with Crippen molar-refractivity contribution in [3.63, 3.8) is 0 Å². The molecule has 0 aliphatic carbocycles. The van der Waals surface area contributed by atoms with Gasteiger partial charge in [-0.05, 0) is 49.8 Å². The highest BCUT2D eigenvalue weighted by Crippen LogP contribution is 2.09. The molecular weight excluding hydrogens is 314 g/mol. The van der Waals surface area contributed by atoms with Crippen molar-refractivity contribution >= 4 is 17.9 Å². The van der Waals surface area contributed by atoms with Crippen LogP contribution >= 0.6 is 0 Å². The highest BCUT2D eigenvalue weighted by Gasteiger charge is 2.15. The van der Waals surface area contributed by atoms with E-state index in [4.69, 9.17) is 5.26 Å². The van der Waals surface area contributed by atoms with Crippen LogP contribution in [-0.4, -0.2) is 17.9 Å². The molecule has 0 aromatic heterocycles. The molecule has 5 nitrogen and oxygen atoms in total. The van der Waals surface area contributed by atoms with Crippen LogP contribution in [0.15, 0.2) is 60.3 Å². The molecule has 2 aromatic rings. The van der Waals surface area contributed by atoms with Crippen molar-refractivity contribution in [2.24, 2.45) is 0 Å². The third-order valence-corrected chi connectivity index (χ3v) is 3.30. The molecule has 5 heteroatoms. The Hall–Kier alpha value is -3.39. The number of carbonyl (C=O) groups is 2. The fourth-order valence-electron chi connectivity index (χ4n) is 2.10. The van der Waals surface area contributed by atoms with Crippen LogP contribution in [0.1, 0.15) is 35.3 Å². The molecule has 0 unspecified atom stereocenters. The van der Waals surface area contributed by atoms with Crippen LogP contribution in [0.2, 0.25) is 0 Å². The van der Waals surface area contributed by atoms with Crippen molar-refractivity contribution < 1.29 is 9.59 Å². The minimum atomic E-state index is -0.372. The van der Waals surface area contributed by atoms with Crippen molar-refractivity contribution in [3.8, 4) is 6.07 Å². The van der Waals surface area contributed by atoms with E-state index in [9.17, 15) is 9.59 Å². The summed E-state index contributed by atoms with van der Waals surface area (Å²) in [6, 6.07) is 17.4. The van der Waals surface area contributed by atoms with E-state index in [0.717, 1.165) is 0 Å². The van der Waals surface area contributed by atoms with Gasteiger partial charge in [0, 0.05) is 11.6 Å². The first-order valence-electron chi connectivity index (χ1n) is 7.88. The molecule has 0 saturated heterocycles. The molecule has 2 aromatic carbocycles. The molecule has 0 bridgehead atoms. The Bertz CT molecular complexity index is 816. The van der Waals surface area contributed by atoms with Crippen LogP contribution in [0.3, 0.4) is 0 Å². The minimum Gasteiger partial charge on any atom is -0.349 e. The van der Waals surface area contributed by atoms with Crippen molar-refractivity contribution in [2.75, 3.05) is 0 Å². The average Bonchev–Trinajstić information content (AvgIpc) is 2.62. The third-order valence-electron chi connectivity index (χ3n) is 3.30. The van der Waals surface area contributed by atoms with Gasteiger partial charge < -0.3 is 10.6 Å². The Balaban J connectivity index is 2.29. The SMILES string of the molecule is CC(C)NC(=O)/C(=C/c1ccc(C#N)cc1)NC(=O)c1ccccc1. The lowest BCUT2D eigenvalue weighted by molar-refractivity contribution is -0.118. The second-order valence-corrected chi connectivity index (χ2v) is 5.74. The van der Waals surface area contributed by atoms with Crippen LogP contribution in [0.4, 0.5) is 0 Å². The van der Waals surface area contributed by atoms with Gasteiger partial charge >= 0.3 is 0 Å². The van der Waals surface area contributed by atoms with Gasteiger partial charge in [0.2, 0.25) is 0 Å². The number of nitrogens with one attached hydrogen (secondary N) is 2. The topological polar surface area (TPSA) is 82.0 Å². The Morgan fingerprint density at radius 2 is 1.68 bits per heavy atom. The molecule has 0 spiro atoms. The Kier molecular flexibility index (Phi) is 6.08. The molecule has 2 amide bonds. The molecule has 0 aliphatic heterocycles. The molecule has 0 aliphatic rings. The van der Waals surface area contributed by atoms with E-state index in [-0.39, 0.29) is 23.6 Å². The van der Waals surface area contributed by atoms with Crippen LogP contribution in [0.5, 0.6) is 0 Å². The zero-order valence-corrected chi connectivity index (χ0v) is 14.1. The predicted octanol–water partition coefficient (Wildman–Crippen LogP) is 2.85. The number of hydrogen-bond acceptors (Lipinski definition) is 3. The molecule has 25 heavy (non-hydrogen) atoms. The smallest absolute Gasteiger partial charge is 0.268 e. The molecule has 126 valence electrons. The van der Waals surface area contributed by atoms with Gasteiger partial charge in [0.15, 0.2) is 0 Å². The van der Waals surface area contributed by atoms with Crippen molar-refractivity contribution in [1.82, 2.24) is 10.6 Å². The zero-order chi connectivity index (χ0) is 18.2. The average molecular weight is 333 g/mol. The van der Waals surface area contributed by atoms with E-state index in [1.165, 1.54) is 0 Å². The van der Waals surface area contributed by atoms with E-state index in [1.807, 2.05) is 26.0 Å². The van der Waals surface area contributed by atoms with Gasteiger partial charge in [0.25, 0.3) is 11.8 Å². The van der Waals surface area contributed by atoms with E-state index in [1.54, 1.807) is 54.6 Å². The summed E-state index contributed by atoms with van der Waals surface area (Å²) in [5.74, 6) is -0.733. The first-order valence-corrected chi connectivity index (χ1v) is 7.88. The standard InChI is InChI=1S/C20H19N3O2/c1-14(2)22-20(25)18(12-15-8-10-16(13-21)11-9-15)23-19(24)17-6-4-3-5-7-17/h3-12,14H,1-2H3,(H,22,25)(H,23,24)/b18-12-. The van der Waals surface area contributed by atoms with Crippen molar-refractivity contribution in [3.05, 3.63) is 77.0 Å². The maximum absolute atomic E-state index is 12.4. The predicted molar refractivity (Wildman–Crippen MR) is 96.3 cm³/mol. The van der Waals surface area contributed by atoms with Gasteiger partial charge in [-0.15, -0.1) is 0 Å². The second-order valence-electron chi connectivity index (χ2n) is 5.74. The van der Waals surface area contributed by atoms with Gasteiger partial charge in [-0.25, -0.2) is 0 Å². The molecule has 0 radical (unpaired) electrons. The summed E-state index contributed by atoms with van der Waals surface area (Å²) in [6.07, 6.45) is 1.58. The normalized spacial score (nSPS) is 10.9. The summed E-state index contributed by atoms with van der Waals surface area (Å²) in [6.45, 7) is 3.69. The maximum Gasteiger partial charge on any atom is 0.268 e. The Morgan fingerprint density at radius 3 is 2.24 bits per heavy atom. The van der Waals surface area contributed by atoms with E-state index in [2.05, 4.69) is 10.6 Å². The third kappa shape index (κ3) is 5.33. The molecule has 0 atom stereocenters. The molecule has 0 saturated carbocycles. The zero-order valence-electron chi connectivity index (χ0n) is 14.1. The van der Waals surface area contributed by atoms with Gasteiger partial charge in [-0.1, -0.05) is 30.3 Å². The summed E-state index contributed by atoms with van der Waals surface area (Å²) in [5, 5.41) is 14.3. The number of rotatable bonds is 5. The highest BCUT2D eigenvalue weighted by molar-refractivity contribution is 6.05. The first kappa shape index (κ1) is 18.0. The monoisotopic (exact) mass is 333 g/mol. The van der Waals surface area contributed by atoms with Crippen LogP contribution in [0.25, 0.3) is 6.08 Å². The number of nitriles is 1. The fraction of sp³-hybridized carbons (Fsp3) is 0.150. The molecular formula is C20H19N3O2. The molecule has 2 N–H and O–H groups in total. The summed E-state index contributed by atoms with van der Waals surface area (Å²) in [4.78, 5) is 24.8. The molecule has 0 heterocycles. The van der Waals surface area contributed by atoms with Gasteiger partial charge in [0.05, 0.1) is 11.6 Å². The van der Waals surface area contributed by atoms with Crippen molar-refractivity contribution in [1.29, 1.82) is 5.26 Å². The summed E-state index contributed by atoms with van der Waals surface area (Å²) >= 11 is 0. The van der Waals surface area contributed by atoms with E-state index >= 15 is 0 Å². The Labute approximate surface area is 147 Å². The van der Waals surface area contributed by atoms with E-state index < -0.39 is 0 Å². The second kappa shape index (κ2) is 8.46. The lowest BCUT2D eigenvalue weighted by Crippen LogP contribution is -2.38. The fourth-order valence-corrected chi connectivity index (χ4v) is 2.10. The molecule has 0 fully saturated rings. The molecule has 2 rings (SSSR count). The number of hydrogen-bond donors (Lipinski definition) is 2. The summed E-state index contributed by atoms with van der Waals surface area (Å²) < 4.78 is 0. The van der Waals surface area contributed by atoms with Crippen molar-refractivity contribution in [2.45, 2.75) is 19.9 Å². The van der Waals surface area contributed by atoms with Gasteiger partial charge in [-0.2, -0.15) is 5.26 Å². The van der Waals surface area contributed by atoms with E-state index in [0.29, 0.717) is 16.7 Å². The lowest BCUT2D eigenvalue weighted by atomic mass is 10.1. The minimum absolute atomic E-state index is 0.0644. The van der Waals surface area contributed by atoms with Crippen LogP contribution < -0.4 is 10.6 Å². The largest absolute Gasteiger partial charge is 0.349 e. The highest BCUT2D eigenvalue weighted by atomic mass is 16.2. The Morgan fingerprint density at radius 1 is 1.04 bits per heavy atom.